The smallest absolute Gasteiger partial charge is 0.224 e. The molecule has 3 N–H and O–H groups in total. The summed E-state index contributed by atoms with van der Waals surface area (Å²) < 4.78 is 0. The van der Waals surface area contributed by atoms with E-state index in [9.17, 15) is 4.79 Å². The van der Waals surface area contributed by atoms with Gasteiger partial charge in [0.1, 0.15) is 0 Å². The molecule has 1 aliphatic heterocycles. The van der Waals surface area contributed by atoms with Crippen LogP contribution in [0.25, 0.3) is 0 Å². The van der Waals surface area contributed by atoms with Gasteiger partial charge in [0.25, 0.3) is 0 Å². The lowest BCUT2D eigenvalue weighted by molar-refractivity contribution is -0.116. The van der Waals surface area contributed by atoms with E-state index >= 15 is 0 Å². The van der Waals surface area contributed by atoms with Crippen LogP contribution in [0.15, 0.2) is 24.3 Å². The highest BCUT2D eigenvalue weighted by Crippen LogP contribution is 2.15. The van der Waals surface area contributed by atoms with Crippen molar-refractivity contribution >= 4 is 11.6 Å². The monoisotopic (exact) mass is 248 g/mol. The molecule has 1 fully saturated rings. The molecule has 1 saturated heterocycles. The van der Waals surface area contributed by atoms with E-state index in [1.165, 1.54) is 6.42 Å². The lowest BCUT2D eigenvalue weighted by atomic mass is 10.0. The Labute approximate surface area is 107 Å². The second-order valence-electron chi connectivity index (χ2n) is 4.80. The molecule has 0 spiro atoms. The van der Waals surface area contributed by atoms with Crippen molar-refractivity contribution in [3.8, 4) is 0 Å². The Balaban J connectivity index is 1.75. The van der Waals surface area contributed by atoms with Gasteiger partial charge in [-0.1, -0.05) is 12.1 Å². The van der Waals surface area contributed by atoms with Gasteiger partial charge in [0.15, 0.2) is 0 Å². The fraction of sp³-hybridized carbons (Fsp3) is 0.500. The second kappa shape index (κ2) is 6.52. The molecule has 4 heteroatoms. The van der Waals surface area contributed by atoms with E-state index in [0.29, 0.717) is 12.3 Å². The Hall–Kier alpha value is -1.39. The van der Waals surface area contributed by atoms with Crippen molar-refractivity contribution < 1.29 is 9.90 Å². The number of nitrogens with one attached hydrogen (secondary N) is 2. The van der Waals surface area contributed by atoms with Crippen LogP contribution in [0.5, 0.6) is 0 Å². The maximum atomic E-state index is 11.7. The number of benzene rings is 1. The number of anilines is 1. The van der Waals surface area contributed by atoms with Crippen LogP contribution in [0.3, 0.4) is 0 Å². The molecule has 0 radical (unpaired) electrons. The Bertz CT molecular complexity index is 383. The maximum Gasteiger partial charge on any atom is 0.224 e. The molecule has 18 heavy (non-hydrogen) atoms. The van der Waals surface area contributed by atoms with E-state index in [-0.39, 0.29) is 12.5 Å². The summed E-state index contributed by atoms with van der Waals surface area (Å²) in [4.78, 5) is 11.7. The van der Waals surface area contributed by atoms with Crippen molar-refractivity contribution in [2.75, 3.05) is 18.4 Å². The highest BCUT2D eigenvalue weighted by Gasteiger charge is 2.15. The third-order valence-corrected chi connectivity index (χ3v) is 3.36. The first-order valence-electron chi connectivity index (χ1n) is 6.48. The van der Waals surface area contributed by atoms with Crippen molar-refractivity contribution in [1.29, 1.82) is 0 Å². The minimum absolute atomic E-state index is 0.0307. The molecular weight excluding hydrogens is 228 g/mol. The number of hydrogen-bond donors (Lipinski definition) is 3. The van der Waals surface area contributed by atoms with E-state index < -0.39 is 0 Å². The molecule has 1 aliphatic rings. The van der Waals surface area contributed by atoms with Gasteiger partial charge >= 0.3 is 0 Å². The fourth-order valence-corrected chi connectivity index (χ4v) is 2.21. The van der Waals surface area contributed by atoms with E-state index in [0.717, 1.165) is 30.8 Å². The number of aliphatic hydroxyl groups is 1. The van der Waals surface area contributed by atoms with Gasteiger partial charge < -0.3 is 15.7 Å². The van der Waals surface area contributed by atoms with Gasteiger partial charge in [-0.05, 0) is 49.5 Å². The normalized spacial score (nSPS) is 18.8. The van der Waals surface area contributed by atoms with E-state index in [1.807, 2.05) is 24.3 Å². The summed E-state index contributed by atoms with van der Waals surface area (Å²) in [6, 6.07) is 7.27. The molecule has 0 bridgehead atoms. The second-order valence-corrected chi connectivity index (χ2v) is 4.80. The van der Waals surface area contributed by atoms with Crippen molar-refractivity contribution in [3.63, 3.8) is 0 Å². The SMILES string of the molecule is O=C(CCC1CCNC1)Nc1ccc(CO)cc1. The van der Waals surface area contributed by atoms with E-state index in [4.69, 9.17) is 5.11 Å². The first-order valence-corrected chi connectivity index (χ1v) is 6.48. The van der Waals surface area contributed by atoms with E-state index in [1.54, 1.807) is 0 Å². The van der Waals surface area contributed by atoms with Gasteiger partial charge in [-0.3, -0.25) is 4.79 Å². The number of carbonyl (C=O) groups excluding carboxylic acids is 1. The minimum Gasteiger partial charge on any atom is -0.392 e. The Kier molecular flexibility index (Phi) is 4.73. The summed E-state index contributed by atoms with van der Waals surface area (Å²) in [5.41, 5.74) is 1.65. The summed E-state index contributed by atoms with van der Waals surface area (Å²) >= 11 is 0. The number of carbonyl (C=O) groups is 1. The van der Waals surface area contributed by atoms with Crippen LogP contribution in [0.1, 0.15) is 24.8 Å². The zero-order valence-corrected chi connectivity index (χ0v) is 10.5. The maximum absolute atomic E-state index is 11.7. The molecule has 4 nitrogen and oxygen atoms in total. The first-order chi connectivity index (χ1) is 8.78. The van der Waals surface area contributed by atoms with Gasteiger partial charge in [0, 0.05) is 12.1 Å². The largest absolute Gasteiger partial charge is 0.392 e. The molecule has 1 unspecified atom stereocenters. The van der Waals surface area contributed by atoms with Gasteiger partial charge in [-0.2, -0.15) is 0 Å². The molecule has 2 rings (SSSR count). The van der Waals surface area contributed by atoms with Gasteiger partial charge in [0.05, 0.1) is 6.61 Å². The van der Waals surface area contributed by atoms with Gasteiger partial charge in [-0.15, -0.1) is 0 Å². The topological polar surface area (TPSA) is 61.4 Å². The predicted octanol–water partition coefficient (Wildman–Crippen LogP) is 1.51. The van der Waals surface area contributed by atoms with Gasteiger partial charge in [-0.25, -0.2) is 0 Å². The molecular formula is C14H20N2O2. The Morgan fingerprint density at radius 3 is 2.78 bits per heavy atom. The van der Waals surface area contributed by atoms with Crippen LogP contribution in [0.4, 0.5) is 5.69 Å². The quantitative estimate of drug-likeness (QED) is 0.740. The van der Waals surface area contributed by atoms with E-state index in [2.05, 4.69) is 10.6 Å². The zero-order valence-electron chi connectivity index (χ0n) is 10.5. The molecule has 0 aliphatic carbocycles. The number of aliphatic hydroxyl groups excluding tert-OH is 1. The highest BCUT2D eigenvalue weighted by molar-refractivity contribution is 5.90. The van der Waals surface area contributed by atoms with Crippen molar-refractivity contribution in [2.45, 2.75) is 25.9 Å². The highest BCUT2D eigenvalue weighted by atomic mass is 16.3. The summed E-state index contributed by atoms with van der Waals surface area (Å²) in [5.74, 6) is 0.714. The van der Waals surface area contributed by atoms with Crippen LogP contribution < -0.4 is 10.6 Å². The van der Waals surface area contributed by atoms with Crippen LogP contribution in [0, 0.1) is 5.92 Å². The zero-order chi connectivity index (χ0) is 12.8. The molecule has 1 aromatic carbocycles. The van der Waals surface area contributed by atoms with Crippen molar-refractivity contribution in [1.82, 2.24) is 5.32 Å². The predicted molar refractivity (Wildman–Crippen MR) is 71.2 cm³/mol. The molecule has 0 aromatic heterocycles. The minimum atomic E-state index is 0.0307. The lowest BCUT2D eigenvalue weighted by Gasteiger charge is -2.09. The van der Waals surface area contributed by atoms with Crippen LogP contribution in [-0.2, 0) is 11.4 Å². The molecule has 1 aromatic rings. The fourth-order valence-electron chi connectivity index (χ4n) is 2.21. The molecule has 1 atom stereocenters. The third kappa shape index (κ3) is 3.82. The Morgan fingerprint density at radius 2 is 2.17 bits per heavy atom. The lowest BCUT2D eigenvalue weighted by Crippen LogP contribution is -2.15. The summed E-state index contributed by atoms with van der Waals surface area (Å²) in [6.07, 6.45) is 2.71. The molecule has 98 valence electrons. The standard InChI is InChI=1S/C14H20N2O2/c17-10-12-1-4-13(5-2-12)16-14(18)6-3-11-7-8-15-9-11/h1-2,4-5,11,15,17H,3,6-10H2,(H,16,18). The summed E-state index contributed by atoms with van der Waals surface area (Å²) in [5, 5.41) is 15.1. The summed E-state index contributed by atoms with van der Waals surface area (Å²) in [6.45, 7) is 2.15. The Morgan fingerprint density at radius 1 is 1.39 bits per heavy atom. The first kappa shape index (κ1) is 13.1. The van der Waals surface area contributed by atoms with Crippen LogP contribution in [-0.4, -0.2) is 24.1 Å². The number of amides is 1. The van der Waals surface area contributed by atoms with Crippen LogP contribution in [0.2, 0.25) is 0 Å². The number of rotatable bonds is 5. The third-order valence-electron chi connectivity index (χ3n) is 3.36. The summed E-state index contributed by atoms with van der Waals surface area (Å²) in [7, 11) is 0. The molecule has 0 saturated carbocycles. The van der Waals surface area contributed by atoms with Crippen molar-refractivity contribution in [2.24, 2.45) is 5.92 Å². The average molecular weight is 248 g/mol. The molecule has 1 amide bonds. The van der Waals surface area contributed by atoms with Crippen molar-refractivity contribution in [3.05, 3.63) is 29.8 Å². The average Bonchev–Trinajstić information content (AvgIpc) is 2.90. The molecule has 1 heterocycles. The van der Waals surface area contributed by atoms with Crippen LogP contribution >= 0.6 is 0 Å². The van der Waals surface area contributed by atoms with Gasteiger partial charge in [0.2, 0.25) is 5.91 Å². The number of hydrogen-bond acceptors (Lipinski definition) is 3.